The van der Waals surface area contributed by atoms with E-state index in [4.69, 9.17) is 9.84 Å². The lowest BCUT2D eigenvalue weighted by Gasteiger charge is -2.16. The highest BCUT2D eigenvalue weighted by Crippen LogP contribution is 2.19. The molecule has 1 heterocycles. The number of halogens is 1. The van der Waals surface area contributed by atoms with Gasteiger partial charge in [-0.2, -0.15) is 0 Å². The van der Waals surface area contributed by atoms with E-state index in [1.54, 1.807) is 6.92 Å². The third-order valence-electron chi connectivity index (χ3n) is 3.18. The standard InChI is InChI=1S/C12H16FNO4S/c1-8-12(4-5-18-8)14-19(16,17)10-2-3-11(13)9(6-10)7-15/h2-3,6,8,12,14-15H,4-5,7H2,1H3. The molecular formula is C12H16FNO4S. The normalized spacial score (nSPS) is 23.7. The molecular weight excluding hydrogens is 273 g/mol. The van der Waals surface area contributed by atoms with Crippen LogP contribution >= 0.6 is 0 Å². The summed E-state index contributed by atoms with van der Waals surface area (Å²) >= 11 is 0. The first-order valence-corrected chi connectivity index (χ1v) is 7.45. The summed E-state index contributed by atoms with van der Waals surface area (Å²) in [5, 5.41) is 8.96. The maximum atomic E-state index is 13.2. The van der Waals surface area contributed by atoms with E-state index in [1.165, 1.54) is 6.07 Å². The van der Waals surface area contributed by atoms with Crippen molar-refractivity contribution in [3.8, 4) is 0 Å². The first kappa shape index (κ1) is 14.4. The average molecular weight is 289 g/mol. The van der Waals surface area contributed by atoms with E-state index >= 15 is 0 Å². The molecule has 0 bridgehead atoms. The lowest BCUT2D eigenvalue weighted by Crippen LogP contribution is -2.39. The van der Waals surface area contributed by atoms with Crippen LogP contribution in [0.3, 0.4) is 0 Å². The molecule has 0 saturated carbocycles. The van der Waals surface area contributed by atoms with Crippen molar-refractivity contribution in [3.63, 3.8) is 0 Å². The van der Waals surface area contributed by atoms with Gasteiger partial charge < -0.3 is 9.84 Å². The van der Waals surface area contributed by atoms with Gasteiger partial charge in [0.2, 0.25) is 10.0 Å². The van der Waals surface area contributed by atoms with Crippen LogP contribution in [0.2, 0.25) is 0 Å². The van der Waals surface area contributed by atoms with Crippen molar-refractivity contribution in [2.24, 2.45) is 0 Å². The van der Waals surface area contributed by atoms with Gasteiger partial charge in [0.1, 0.15) is 5.82 Å². The number of nitrogens with one attached hydrogen (secondary N) is 1. The molecule has 0 amide bonds. The van der Waals surface area contributed by atoms with Gasteiger partial charge in [-0.1, -0.05) is 0 Å². The summed E-state index contributed by atoms with van der Waals surface area (Å²) in [6.45, 7) is 1.77. The van der Waals surface area contributed by atoms with Crippen molar-refractivity contribution in [2.45, 2.75) is 37.0 Å². The molecule has 106 valence electrons. The summed E-state index contributed by atoms with van der Waals surface area (Å²) in [7, 11) is -3.73. The molecule has 2 rings (SSSR count). The third-order valence-corrected chi connectivity index (χ3v) is 4.67. The molecule has 2 unspecified atom stereocenters. The van der Waals surface area contributed by atoms with Crippen LogP contribution in [0.15, 0.2) is 23.1 Å². The van der Waals surface area contributed by atoms with E-state index in [0.29, 0.717) is 13.0 Å². The highest BCUT2D eigenvalue weighted by molar-refractivity contribution is 7.89. The fraction of sp³-hybridized carbons (Fsp3) is 0.500. The van der Waals surface area contributed by atoms with Crippen LogP contribution < -0.4 is 4.72 Å². The number of rotatable bonds is 4. The molecule has 1 saturated heterocycles. The average Bonchev–Trinajstić information content (AvgIpc) is 2.74. The van der Waals surface area contributed by atoms with Crippen LogP contribution in [0.4, 0.5) is 4.39 Å². The summed E-state index contributed by atoms with van der Waals surface area (Å²) in [6.07, 6.45) is 0.418. The topological polar surface area (TPSA) is 75.6 Å². The molecule has 1 aromatic rings. The van der Waals surface area contributed by atoms with E-state index in [-0.39, 0.29) is 22.6 Å². The first-order valence-electron chi connectivity index (χ1n) is 5.97. The Morgan fingerprint density at radius 1 is 1.53 bits per heavy atom. The van der Waals surface area contributed by atoms with Gasteiger partial charge in [-0.05, 0) is 31.5 Å². The van der Waals surface area contributed by atoms with Crippen LogP contribution in [0.5, 0.6) is 0 Å². The second-order valence-corrected chi connectivity index (χ2v) is 6.22. The zero-order chi connectivity index (χ0) is 14.0. The van der Waals surface area contributed by atoms with Crippen molar-refractivity contribution >= 4 is 10.0 Å². The predicted molar refractivity (Wildman–Crippen MR) is 66.5 cm³/mol. The van der Waals surface area contributed by atoms with Crippen LogP contribution in [-0.4, -0.2) is 32.3 Å². The molecule has 1 fully saturated rings. The van der Waals surface area contributed by atoms with Crippen molar-refractivity contribution in [1.29, 1.82) is 0 Å². The second kappa shape index (κ2) is 5.54. The van der Waals surface area contributed by atoms with Crippen molar-refractivity contribution < 1.29 is 22.7 Å². The fourth-order valence-corrected chi connectivity index (χ4v) is 3.38. The SMILES string of the molecule is CC1OCCC1NS(=O)(=O)c1ccc(F)c(CO)c1. The maximum Gasteiger partial charge on any atom is 0.240 e. The van der Waals surface area contributed by atoms with Crippen LogP contribution in [-0.2, 0) is 21.4 Å². The minimum atomic E-state index is -3.73. The molecule has 1 aliphatic rings. The Hall–Kier alpha value is -1.02. The second-order valence-electron chi connectivity index (χ2n) is 4.50. The smallest absolute Gasteiger partial charge is 0.240 e. The third kappa shape index (κ3) is 3.11. The minimum Gasteiger partial charge on any atom is -0.392 e. The van der Waals surface area contributed by atoms with Gasteiger partial charge in [-0.25, -0.2) is 17.5 Å². The number of ether oxygens (including phenoxy) is 1. The Bertz CT molecular complexity index is 561. The van der Waals surface area contributed by atoms with Gasteiger partial charge >= 0.3 is 0 Å². The van der Waals surface area contributed by atoms with Crippen molar-refractivity contribution in [1.82, 2.24) is 4.72 Å². The van der Waals surface area contributed by atoms with Gasteiger partial charge in [0.05, 0.1) is 23.6 Å². The van der Waals surface area contributed by atoms with Crippen LogP contribution in [0, 0.1) is 5.82 Å². The molecule has 2 N–H and O–H groups in total. The Labute approximate surface area is 111 Å². The summed E-state index contributed by atoms with van der Waals surface area (Å²) in [6, 6.07) is 3.07. The number of aliphatic hydroxyl groups excluding tert-OH is 1. The summed E-state index contributed by atoms with van der Waals surface area (Å²) in [5.41, 5.74) is -0.0430. The predicted octanol–water partition coefficient (Wildman–Crippen LogP) is 0.774. The van der Waals surface area contributed by atoms with E-state index in [1.807, 2.05) is 0 Å². The van der Waals surface area contributed by atoms with Gasteiger partial charge in [0.15, 0.2) is 0 Å². The molecule has 1 aliphatic heterocycles. The van der Waals surface area contributed by atoms with Crippen molar-refractivity contribution in [2.75, 3.05) is 6.61 Å². The first-order chi connectivity index (χ1) is 8.94. The highest BCUT2D eigenvalue weighted by Gasteiger charge is 2.29. The van der Waals surface area contributed by atoms with Gasteiger partial charge in [-0.15, -0.1) is 0 Å². The van der Waals surface area contributed by atoms with Gasteiger partial charge in [0.25, 0.3) is 0 Å². The number of hydrogen-bond donors (Lipinski definition) is 2. The number of benzene rings is 1. The molecule has 0 radical (unpaired) electrons. The molecule has 7 heteroatoms. The molecule has 0 aromatic heterocycles. The lowest BCUT2D eigenvalue weighted by atomic mass is 10.2. The van der Waals surface area contributed by atoms with E-state index in [2.05, 4.69) is 4.72 Å². The molecule has 0 aliphatic carbocycles. The number of hydrogen-bond acceptors (Lipinski definition) is 4. The highest BCUT2D eigenvalue weighted by atomic mass is 32.2. The number of aliphatic hydroxyl groups is 1. The Morgan fingerprint density at radius 2 is 2.26 bits per heavy atom. The summed E-state index contributed by atoms with van der Waals surface area (Å²) < 4.78 is 45.3. The molecule has 0 spiro atoms. The molecule has 2 atom stereocenters. The van der Waals surface area contributed by atoms with Gasteiger partial charge in [-0.3, -0.25) is 0 Å². The van der Waals surface area contributed by atoms with E-state index < -0.39 is 22.4 Å². The lowest BCUT2D eigenvalue weighted by molar-refractivity contribution is 0.117. The monoisotopic (exact) mass is 289 g/mol. The molecule has 1 aromatic carbocycles. The van der Waals surface area contributed by atoms with Crippen molar-refractivity contribution in [3.05, 3.63) is 29.6 Å². The summed E-state index contributed by atoms with van der Waals surface area (Å²) in [4.78, 5) is -0.0583. The Morgan fingerprint density at radius 3 is 2.84 bits per heavy atom. The van der Waals surface area contributed by atoms with Crippen LogP contribution in [0.25, 0.3) is 0 Å². The summed E-state index contributed by atoms with van der Waals surface area (Å²) in [5.74, 6) is -0.626. The fourth-order valence-electron chi connectivity index (χ4n) is 1.99. The molecule has 5 nitrogen and oxygen atoms in total. The number of sulfonamides is 1. The molecule has 19 heavy (non-hydrogen) atoms. The Kier molecular flexibility index (Phi) is 4.19. The zero-order valence-electron chi connectivity index (χ0n) is 10.5. The maximum absolute atomic E-state index is 13.2. The van der Waals surface area contributed by atoms with E-state index in [9.17, 15) is 12.8 Å². The Balaban J connectivity index is 2.24. The quantitative estimate of drug-likeness (QED) is 0.858. The van der Waals surface area contributed by atoms with E-state index in [0.717, 1.165) is 12.1 Å². The minimum absolute atomic E-state index is 0.0430. The largest absolute Gasteiger partial charge is 0.392 e. The van der Waals surface area contributed by atoms with Gasteiger partial charge in [0, 0.05) is 12.2 Å². The van der Waals surface area contributed by atoms with Crippen LogP contribution in [0.1, 0.15) is 18.9 Å². The zero-order valence-corrected chi connectivity index (χ0v) is 11.3.